The van der Waals surface area contributed by atoms with Crippen molar-refractivity contribution in [3.63, 3.8) is 0 Å². The normalized spacial score (nSPS) is 11.6. The van der Waals surface area contributed by atoms with Gasteiger partial charge in [-0.05, 0) is 55.8 Å². The molecule has 0 unspecified atom stereocenters. The summed E-state index contributed by atoms with van der Waals surface area (Å²) in [6.45, 7) is 3.85. The Morgan fingerprint density at radius 3 is 2.31 bits per heavy atom. The lowest BCUT2D eigenvalue weighted by atomic mass is 10.2. The predicted molar refractivity (Wildman–Crippen MR) is 123 cm³/mol. The lowest BCUT2D eigenvalue weighted by molar-refractivity contribution is 0.454. The van der Waals surface area contributed by atoms with E-state index in [1.807, 2.05) is 42.7 Å². The number of aromatic nitrogens is 4. The first-order valence-electron chi connectivity index (χ1n) is 9.77. The van der Waals surface area contributed by atoms with Crippen LogP contribution in [0.15, 0.2) is 78.5 Å². The van der Waals surface area contributed by atoms with E-state index < -0.39 is 10.0 Å². The molecule has 4 rings (SSSR count). The van der Waals surface area contributed by atoms with Crippen molar-refractivity contribution in [2.75, 3.05) is 4.72 Å². The maximum Gasteiger partial charge on any atom is 0.255 e. The average Bonchev–Trinajstić information content (AvgIpc) is 3.21. The fraction of sp³-hybridized carbons (Fsp3) is 0.0870. The molecule has 1 N–H and O–H groups in total. The van der Waals surface area contributed by atoms with Gasteiger partial charge in [0.15, 0.2) is 5.82 Å². The Balaban J connectivity index is 1.38. The number of nitrogens with zero attached hydrogens (tertiary/aromatic N) is 4. The highest BCUT2D eigenvalue weighted by molar-refractivity contribution is 7.95. The van der Waals surface area contributed by atoms with Crippen LogP contribution in [0, 0.1) is 13.8 Å². The van der Waals surface area contributed by atoms with Crippen molar-refractivity contribution >= 4 is 21.8 Å². The van der Waals surface area contributed by atoms with Crippen molar-refractivity contribution in [1.29, 1.82) is 0 Å². The van der Waals surface area contributed by atoms with Crippen LogP contribution in [0.4, 0.5) is 5.69 Å². The van der Waals surface area contributed by atoms with Crippen molar-refractivity contribution in [2.24, 2.45) is 0 Å². The van der Waals surface area contributed by atoms with Gasteiger partial charge in [0, 0.05) is 24.1 Å². The maximum atomic E-state index is 12.3. The molecule has 2 aromatic carbocycles. The summed E-state index contributed by atoms with van der Waals surface area (Å²) in [4.78, 5) is 4.16. The molecule has 0 radical (unpaired) electrons. The fourth-order valence-corrected chi connectivity index (χ4v) is 3.74. The number of benzene rings is 2. The SMILES string of the molecule is Cc1ccc(/C=C/S(=O)(=O)Nc2ccc(Oc3ccc(-n4ccnc4C)nn3)cc2)cc1. The molecule has 0 amide bonds. The highest BCUT2D eigenvalue weighted by atomic mass is 32.2. The zero-order valence-corrected chi connectivity index (χ0v) is 18.3. The molecule has 2 heterocycles. The van der Waals surface area contributed by atoms with Gasteiger partial charge in [-0.1, -0.05) is 29.8 Å². The van der Waals surface area contributed by atoms with E-state index >= 15 is 0 Å². The summed E-state index contributed by atoms with van der Waals surface area (Å²) in [6, 6.07) is 17.6. The molecule has 0 aliphatic carbocycles. The lowest BCUT2D eigenvalue weighted by Crippen LogP contribution is -2.08. The molecule has 8 nitrogen and oxygen atoms in total. The first-order chi connectivity index (χ1) is 15.4. The zero-order chi connectivity index (χ0) is 22.6. The van der Waals surface area contributed by atoms with E-state index in [1.165, 1.54) is 0 Å². The second-order valence-electron chi connectivity index (χ2n) is 7.06. The zero-order valence-electron chi connectivity index (χ0n) is 17.5. The number of nitrogens with one attached hydrogen (secondary N) is 1. The Kier molecular flexibility index (Phi) is 6.00. The largest absolute Gasteiger partial charge is 0.438 e. The number of rotatable bonds is 7. The molecule has 0 saturated carbocycles. The Hall–Kier alpha value is -3.98. The van der Waals surface area contributed by atoms with E-state index in [0.29, 0.717) is 23.1 Å². The van der Waals surface area contributed by atoms with Crippen LogP contribution in [0.3, 0.4) is 0 Å². The number of imidazole rings is 1. The van der Waals surface area contributed by atoms with E-state index in [2.05, 4.69) is 19.9 Å². The number of aryl methyl sites for hydroxylation is 2. The Morgan fingerprint density at radius 2 is 1.69 bits per heavy atom. The molecule has 0 aliphatic heterocycles. The molecule has 0 aliphatic rings. The van der Waals surface area contributed by atoms with Gasteiger partial charge in [0.05, 0.1) is 5.41 Å². The molecule has 4 aromatic rings. The first kappa shape index (κ1) is 21.3. The summed E-state index contributed by atoms with van der Waals surface area (Å²) >= 11 is 0. The predicted octanol–water partition coefficient (Wildman–Crippen LogP) is 4.48. The molecule has 32 heavy (non-hydrogen) atoms. The molecule has 162 valence electrons. The van der Waals surface area contributed by atoms with Crippen LogP contribution in [0.2, 0.25) is 0 Å². The minimum Gasteiger partial charge on any atom is -0.438 e. The van der Waals surface area contributed by atoms with Gasteiger partial charge in [-0.2, -0.15) is 0 Å². The maximum absolute atomic E-state index is 12.3. The van der Waals surface area contributed by atoms with Gasteiger partial charge in [-0.15, -0.1) is 10.2 Å². The monoisotopic (exact) mass is 447 g/mol. The second kappa shape index (κ2) is 9.03. The standard InChI is InChI=1S/C23H21N5O3S/c1-17-3-5-19(6-4-17)13-16-32(29,30)27-20-7-9-21(10-8-20)31-23-12-11-22(25-26-23)28-15-14-24-18(28)2/h3-16,27H,1-2H3/b16-13+. The quantitative estimate of drug-likeness (QED) is 0.448. The van der Waals surface area contributed by atoms with Crippen LogP contribution in [-0.2, 0) is 10.0 Å². The van der Waals surface area contributed by atoms with Gasteiger partial charge >= 0.3 is 0 Å². The molecule has 2 aromatic heterocycles. The second-order valence-corrected chi connectivity index (χ2v) is 8.63. The molecular formula is C23H21N5O3S. The van der Waals surface area contributed by atoms with Crippen molar-refractivity contribution in [2.45, 2.75) is 13.8 Å². The number of anilines is 1. The highest BCUT2D eigenvalue weighted by Gasteiger charge is 2.08. The van der Waals surface area contributed by atoms with Gasteiger partial charge in [-0.3, -0.25) is 9.29 Å². The summed E-state index contributed by atoms with van der Waals surface area (Å²) < 4.78 is 34.6. The van der Waals surface area contributed by atoms with Crippen LogP contribution >= 0.6 is 0 Å². The average molecular weight is 448 g/mol. The van der Waals surface area contributed by atoms with Gasteiger partial charge in [-0.25, -0.2) is 13.4 Å². The third kappa shape index (κ3) is 5.38. The van der Waals surface area contributed by atoms with Crippen molar-refractivity contribution < 1.29 is 13.2 Å². The molecule has 0 saturated heterocycles. The van der Waals surface area contributed by atoms with Crippen molar-refractivity contribution in [3.8, 4) is 17.4 Å². The summed E-state index contributed by atoms with van der Waals surface area (Å²) in [5.41, 5.74) is 2.34. The Labute approximate surface area is 186 Å². The van der Waals surface area contributed by atoms with Crippen molar-refractivity contribution in [1.82, 2.24) is 19.7 Å². The van der Waals surface area contributed by atoms with E-state index in [0.717, 1.165) is 22.4 Å². The summed E-state index contributed by atoms with van der Waals surface area (Å²) in [7, 11) is -3.65. The number of sulfonamides is 1. The highest BCUT2D eigenvalue weighted by Crippen LogP contribution is 2.22. The lowest BCUT2D eigenvalue weighted by Gasteiger charge is -2.08. The number of hydrogen-bond acceptors (Lipinski definition) is 6. The molecule has 0 spiro atoms. The Bertz CT molecular complexity index is 1330. The van der Waals surface area contributed by atoms with Crippen molar-refractivity contribution in [3.05, 3.63) is 95.4 Å². The smallest absolute Gasteiger partial charge is 0.255 e. The molecular weight excluding hydrogens is 426 g/mol. The third-order valence-corrected chi connectivity index (χ3v) is 5.57. The summed E-state index contributed by atoms with van der Waals surface area (Å²) in [6.07, 6.45) is 5.04. The van der Waals surface area contributed by atoms with E-state index in [1.54, 1.807) is 54.9 Å². The Morgan fingerprint density at radius 1 is 0.938 bits per heavy atom. The van der Waals surface area contributed by atoms with Gasteiger partial charge < -0.3 is 4.74 Å². The minimum absolute atomic E-state index is 0.320. The van der Waals surface area contributed by atoms with Gasteiger partial charge in [0.1, 0.15) is 11.6 Å². The molecule has 0 atom stereocenters. The van der Waals surface area contributed by atoms with E-state index in [4.69, 9.17) is 4.74 Å². The van der Waals surface area contributed by atoms with Crippen LogP contribution in [0.25, 0.3) is 11.9 Å². The summed E-state index contributed by atoms with van der Waals surface area (Å²) in [5.74, 6) is 2.26. The van der Waals surface area contributed by atoms with Crippen LogP contribution in [0.1, 0.15) is 17.0 Å². The minimum atomic E-state index is -3.65. The molecule has 0 fully saturated rings. The van der Waals surface area contributed by atoms with E-state index in [9.17, 15) is 8.42 Å². The van der Waals surface area contributed by atoms with Crippen LogP contribution < -0.4 is 9.46 Å². The van der Waals surface area contributed by atoms with Gasteiger partial charge in [0.25, 0.3) is 10.0 Å². The molecule has 9 heteroatoms. The summed E-state index contributed by atoms with van der Waals surface area (Å²) in [5, 5.41) is 9.35. The fourth-order valence-electron chi connectivity index (χ4n) is 2.87. The van der Waals surface area contributed by atoms with Gasteiger partial charge in [0.2, 0.25) is 5.88 Å². The first-order valence-corrected chi connectivity index (χ1v) is 11.3. The van der Waals surface area contributed by atoms with E-state index in [-0.39, 0.29) is 0 Å². The number of hydrogen-bond donors (Lipinski definition) is 1. The van der Waals surface area contributed by atoms with Crippen LogP contribution in [0.5, 0.6) is 11.6 Å². The molecule has 0 bridgehead atoms. The number of ether oxygens (including phenoxy) is 1. The topological polar surface area (TPSA) is 99.0 Å². The van der Waals surface area contributed by atoms with Crippen LogP contribution in [-0.4, -0.2) is 28.2 Å². The third-order valence-electron chi connectivity index (χ3n) is 4.55.